The Bertz CT molecular complexity index is 2050. The van der Waals surface area contributed by atoms with Crippen molar-refractivity contribution in [2.75, 3.05) is 34.2 Å². The Balaban J connectivity index is 1.31. The van der Waals surface area contributed by atoms with Gasteiger partial charge in [0.25, 0.3) is 0 Å². The molecule has 1 saturated heterocycles. The van der Waals surface area contributed by atoms with Crippen LogP contribution in [-0.2, 0) is 29.2 Å². The number of benzene rings is 4. The van der Waals surface area contributed by atoms with Crippen molar-refractivity contribution in [3.8, 4) is 28.7 Å². The molecule has 10 nitrogen and oxygen atoms in total. The highest BCUT2D eigenvalue weighted by molar-refractivity contribution is 6.10. The van der Waals surface area contributed by atoms with Gasteiger partial charge in [-0.3, -0.25) is 14.5 Å². The minimum Gasteiger partial charge on any atom is -0.493 e. The molecule has 4 aliphatic heterocycles. The number of methoxy groups -OCH3 is 1. The second-order valence-electron chi connectivity index (χ2n) is 13.7. The van der Waals surface area contributed by atoms with Crippen LogP contribution in [-0.4, -0.2) is 67.7 Å². The van der Waals surface area contributed by atoms with Crippen molar-refractivity contribution in [3.05, 3.63) is 124 Å². The van der Waals surface area contributed by atoms with Gasteiger partial charge in [0.15, 0.2) is 28.8 Å². The quantitative estimate of drug-likeness (QED) is 0.164. The SMILES string of the molecule is C=CCOc1c(C)c2c(c3c1C(=O)[C@@H]1C4c5c(cc(C)c(OC)c5OCc5ccccc5)CC(C(=O)N1[C@H]3COCc1ccccc1)N4C)OCO2. The molecule has 4 aromatic rings. The molecule has 0 spiro atoms. The Hall–Kier alpha value is -5.32. The summed E-state index contributed by atoms with van der Waals surface area (Å²) in [4.78, 5) is 34.1. The van der Waals surface area contributed by atoms with E-state index in [1.165, 1.54) is 0 Å². The molecule has 2 bridgehead atoms. The number of likely N-dealkylation sites (N-methyl/N-ethyl adjacent to an activating group) is 1. The summed E-state index contributed by atoms with van der Waals surface area (Å²) >= 11 is 0. The predicted octanol–water partition coefficient (Wildman–Crippen LogP) is 6.45. The van der Waals surface area contributed by atoms with Gasteiger partial charge in [-0.25, -0.2) is 0 Å². The number of Topliss-reactive ketones (excluding diaryl/α,β-unsaturated/α-hetero) is 1. The number of aryl methyl sites for hydroxylation is 1. The summed E-state index contributed by atoms with van der Waals surface area (Å²) in [6, 6.07) is 19.2. The molecule has 0 N–H and O–H groups in total. The van der Waals surface area contributed by atoms with Crippen LogP contribution < -0.4 is 23.7 Å². The molecule has 0 aromatic heterocycles. The third-order valence-corrected chi connectivity index (χ3v) is 10.7. The van der Waals surface area contributed by atoms with Gasteiger partial charge < -0.3 is 33.3 Å². The molecule has 4 aliphatic rings. The fourth-order valence-electron chi connectivity index (χ4n) is 8.42. The highest BCUT2D eigenvalue weighted by Gasteiger charge is 2.59. The van der Waals surface area contributed by atoms with E-state index in [-0.39, 0.29) is 31.7 Å². The summed E-state index contributed by atoms with van der Waals surface area (Å²) in [5.74, 6) is 2.12. The number of ketones is 1. The lowest BCUT2D eigenvalue weighted by atomic mass is 9.73. The van der Waals surface area contributed by atoms with Crippen LogP contribution in [0.25, 0.3) is 0 Å². The number of piperazine rings is 1. The number of hydrogen-bond acceptors (Lipinski definition) is 9. The first-order chi connectivity index (χ1) is 25.3. The summed E-state index contributed by atoms with van der Waals surface area (Å²) < 4.78 is 37.5. The van der Waals surface area contributed by atoms with Crippen LogP contribution >= 0.6 is 0 Å². The molecular weight excluding hydrogens is 660 g/mol. The first-order valence-corrected chi connectivity index (χ1v) is 17.6. The van der Waals surface area contributed by atoms with Crippen molar-refractivity contribution in [2.45, 2.75) is 57.6 Å². The average Bonchev–Trinajstić information content (AvgIpc) is 3.65. The van der Waals surface area contributed by atoms with E-state index in [0.717, 1.165) is 27.8 Å². The highest BCUT2D eigenvalue weighted by Crippen LogP contribution is 2.57. The number of amides is 1. The number of carbonyl (C=O) groups is 2. The minimum absolute atomic E-state index is 0.0146. The molecule has 4 aromatic carbocycles. The lowest BCUT2D eigenvalue weighted by Gasteiger charge is -2.56. The molecule has 0 aliphatic carbocycles. The fraction of sp³-hybridized carbons (Fsp3) is 0.333. The lowest BCUT2D eigenvalue weighted by Crippen LogP contribution is -2.68. The van der Waals surface area contributed by atoms with E-state index in [2.05, 4.69) is 12.6 Å². The summed E-state index contributed by atoms with van der Waals surface area (Å²) in [5.41, 5.74) is 6.26. The molecular formula is C42H42N2O8. The van der Waals surface area contributed by atoms with Crippen LogP contribution in [0, 0.1) is 13.8 Å². The number of ether oxygens (including phenoxy) is 6. The molecule has 4 heterocycles. The normalized spacial score (nSPS) is 21.3. The molecule has 1 fully saturated rings. The number of carbonyl (C=O) groups excluding carboxylic acids is 2. The predicted molar refractivity (Wildman–Crippen MR) is 193 cm³/mol. The first kappa shape index (κ1) is 33.8. The van der Waals surface area contributed by atoms with Crippen LogP contribution in [0.5, 0.6) is 28.7 Å². The van der Waals surface area contributed by atoms with Crippen LogP contribution in [0.4, 0.5) is 0 Å². The van der Waals surface area contributed by atoms with Gasteiger partial charge in [-0.05, 0) is 49.6 Å². The topological polar surface area (TPSA) is 96.0 Å². The third kappa shape index (κ3) is 5.40. The van der Waals surface area contributed by atoms with E-state index in [0.29, 0.717) is 65.1 Å². The summed E-state index contributed by atoms with van der Waals surface area (Å²) in [6.45, 7) is 8.58. The zero-order valence-electron chi connectivity index (χ0n) is 29.8. The second kappa shape index (κ2) is 13.7. The molecule has 268 valence electrons. The zero-order chi connectivity index (χ0) is 36.1. The van der Waals surface area contributed by atoms with Gasteiger partial charge in [-0.1, -0.05) is 79.4 Å². The molecule has 10 heteroatoms. The number of fused-ring (bicyclic) bond motifs is 9. The lowest BCUT2D eigenvalue weighted by molar-refractivity contribution is -0.156. The Labute approximate surface area is 303 Å². The van der Waals surface area contributed by atoms with Gasteiger partial charge in [-0.15, -0.1) is 0 Å². The minimum atomic E-state index is -0.942. The Kier molecular flexibility index (Phi) is 8.89. The van der Waals surface area contributed by atoms with Crippen LogP contribution in [0.1, 0.15) is 61.4 Å². The maximum absolute atomic E-state index is 15.4. The van der Waals surface area contributed by atoms with Crippen molar-refractivity contribution in [2.24, 2.45) is 0 Å². The van der Waals surface area contributed by atoms with E-state index in [1.54, 1.807) is 18.1 Å². The van der Waals surface area contributed by atoms with Crippen molar-refractivity contribution in [1.29, 1.82) is 0 Å². The van der Waals surface area contributed by atoms with E-state index in [4.69, 9.17) is 28.4 Å². The molecule has 1 amide bonds. The van der Waals surface area contributed by atoms with Crippen LogP contribution in [0.2, 0.25) is 0 Å². The maximum Gasteiger partial charge on any atom is 0.241 e. The monoisotopic (exact) mass is 702 g/mol. The molecule has 0 saturated carbocycles. The Morgan fingerprint density at radius 3 is 2.25 bits per heavy atom. The molecule has 8 rings (SSSR count). The van der Waals surface area contributed by atoms with Crippen LogP contribution in [0.3, 0.4) is 0 Å². The van der Waals surface area contributed by atoms with Crippen LogP contribution in [0.15, 0.2) is 79.4 Å². The van der Waals surface area contributed by atoms with Gasteiger partial charge >= 0.3 is 0 Å². The van der Waals surface area contributed by atoms with E-state index < -0.39 is 24.2 Å². The van der Waals surface area contributed by atoms with Gasteiger partial charge in [0.05, 0.1) is 44.0 Å². The number of nitrogens with zero attached hydrogens (tertiary/aromatic N) is 2. The van der Waals surface area contributed by atoms with Gasteiger partial charge in [-0.2, -0.15) is 0 Å². The van der Waals surface area contributed by atoms with E-state index >= 15 is 4.79 Å². The average molecular weight is 703 g/mol. The van der Waals surface area contributed by atoms with Crippen molar-refractivity contribution < 1.29 is 38.0 Å². The van der Waals surface area contributed by atoms with Crippen molar-refractivity contribution in [3.63, 3.8) is 0 Å². The molecule has 52 heavy (non-hydrogen) atoms. The standard InChI is InChI=1S/C42H42N2O8/c1-6-17-49-38-25(3)39-41(52-23-51-39)32-30(22-48-20-26-13-9-7-10-14-26)44-35(36(45)33(32)38)34-31-28(19-29(42(44)46)43(34)4)18-24(2)37(47-5)40(31)50-21-27-15-11-8-12-16-27/h6-16,18,29-30,34-35H,1,17,19-23H2,2-5H3/t29?,30-,34?,35-/m0/s1. The Morgan fingerprint density at radius 1 is 0.865 bits per heavy atom. The van der Waals surface area contributed by atoms with Gasteiger partial charge in [0, 0.05) is 16.7 Å². The largest absolute Gasteiger partial charge is 0.493 e. The second-order valence-corrected chi connectivity index (χ2v) is 13.7. The molecule has 2 unspecified atom stereocenters. The molecule has 0 radical (unpaired) electrons. The highest BCUT2D eigenvalue weighted by atomic mass is 16.7. The molecule has 4 atom stereocenters. The summed E-state index contributed by atoms with van der Waals surface area (Å²) in [5, 5.41) is 0. The third-order valence-electron chi connectivity index (χ3n) is 10.7. The summed E-state index contributed by atoms with van der Waals surface area (Å²) in [7, 11) is 3.55. The smallest absolute Gasteiger partial charge is 0.241 e. The number of hydrogen-bond donors (Lipinski definition) is 0. The Morgan fingerprint density at radius 2 is 1.56 bits per heavy atom. The number of rotatable bonds is 11. The maximum atomic E-state index is 15.4. The van der Waals surface area contributed by atoms with Gasteiger partial charge in [0.2, 0.25) is 12.7 Å². The zero-order valence-corrected chi connectivity index (χ0v) is 29.8. The first-order valence-electron chi connectivity index (χ1n) is 17.6. The van der Waals surface area contributed by atoms with E-state index in [1.807, 2.05) is 86.5 Å². The van der Waals surface area contributed by atoms with Crippen molar-refractivity contribution in [1.82, 2.24) is 9.80 Å². The van der Waals surface area contributed by atoms with E-state index in [9.17, 15) is 4.79 Å². The summed E-state index contributed by atoms with van der Waals surface area (Å²) in [6.07, 6.45) is 2.08. The fourth-order valence-corrected chi connectivity index (χ4v) is 8.42. The van der Waals surface area contributed by atoms with Crippen molar-refractivity contribution >= 4 is 11.7 Å². The van der Waals surface area contributed by atoms with Gasteiger partial charge in [0.1, 0.15) is 25.0 Å².